The van der Waals surface area contributed by atoms with Crippen LogP contribution in [0, 0.1) is 5.41 Å². The molecule has 2 aliphatic rings. The Hall–Kier alpha value is -2.29. The average Bonchev–Trinajstić information content (AvgIpc) is 3.35. The van der Waals surface area contributed by atoms with Crippen LogP contribution in [-0.2, 0) is 19.4 Å². The van der Waals surface area contributed by atoms with Crippen molar-refractivity contribution in [2.45, 2.75) is 25.3 Å². The maximum atomic E-state index is 12.7. The fourth-order valence-corrected chi connectivity index (χ4v) is 4.73. The van der Waals surface area contributed by atoms with Crippen molar-refractivity contribution in [3.8, 4) is 11.5 Å². The molecule has 0 spiro atoms. The van der Waals surface area contributed by atoms with Crippen LogP contribution < -0.4 is 20.1 Å². The number of amides is 2. The van der Waals surface area contributed by atoms with Gasteiger partial charge >= 0.3 is 0 Å². The predicted octanol–water partition coefficient (Wildman–Crippen LogP) is 0.726. The van der Waals surface area contributed by atoms with E-state index in [1.807, 2.05) is 0 Å². The smallest absolute Gasteiger partial charge is 0.240 e. The minimum atomic E-state index is -3.09. The first-order chi connectivity index (χ1) is 12.3. The second-order valence-corrected chi connectivity index (χ2v) is 8.90. The maximum Gasteiger partial charge on any atom is 0.240 e. The van der Waals surface area contributed by atoms with Gasteiger partial charge in [-0.15, -0.1) is 0 Å². The van der Waals surface area contributed by atoms with Gasteiger partial charge in [-0.1, -0.05) is 0 Å². The Bertz CT molecular complexity index is 832. The summed E-state index contributed by atoms with van der Waals surface area (Å²) in [6.45, 7) is 0. The number of anilines is 1. The van der Waals surface area contributed by atoms with E-state index in [1.54, 1.807) is 18.2 Å². The number of hydrogen-bond donors (Lipinski definition) is 2. The maximum absolute atomic E-state index is 12.7. The number of carbonyl (C=O) groups excluding carboxylic acids is 2. The molecule has 2 N–H and O–H groups in total. The third kappa shape index (κ3) is 3.62. The Labute approximate surface area is 152 Å². The van der Waals surface area contributed by atoms with Crippen LogP contribution in [0.2, 0.25) is 0 Å². The second-order valence-electron chi connectivity index (χ2n) is 6.68. The number of ether oxygens (including phenoxy) is 2. The molecule has 3 rings (SSSR count). The van der Waals surface area contributed by atoms with E-state index >= 15 is 0 Å². The van der Waals surface area contributed by atoms with Crippen LogP contribution in [0.3, 0.4) is 0 Å². The summed E-state index contributed by atoms with van der Waals surface area (Å²) in [4.78, 5) is 25.2. The molecule has 2 fully saturated rings. The number of nitrogens with one attached hydrogen (secondary N) is 2. The molecule has 1 aromatic carbocycles. The SMILES string of the molecule is COc1ccc(NC(=O)C2(C(=O)NC3CCS(=O)(=O)C3)CC2)c(OC)c1. The second kappa shape index (κ2) is 6.79. The van der Waals surface area contributed by atoms with Gasteiger partial charge in [-0.05, 0) is 31.4 Å². The first kappa shape index (κ1) is 18.5. The van der Waals surface area contributed by atoms with Crippen molar-refractivity contribution in [3.63, 3.8) is 0 Å². The molecule has 1 saturated carbocycles. The standard InChI is InChI=1S/C17H22N2O6S/c1-24-12-3-4-13(14(9-12)25-2)19-16(21)17(6-7-17)15(20)18-11-5-8-26(22,23)10-11/h3-4,9,11H,5-8,10H2,1-2H3,(H,18,20)(H,19,21). The van der Waals surface area contributed by atoms with Gasteiger partial charge in [0.25, 0.3) is 0 Å². The molecule has 1 aliphatic carbocycles. The van der Waals surface area contributed by atoms with E-state index in [1.165, 1.54) is 14.2 Å². The zero-order chi connectivity index (χ0) is 18.9. The minimum Gasteiger partial charge on any atom is -0.497 e. The fourth-order valence-electron chi connectivity index (χ4n) is 3.06. The molecule has 1 heterocycles. The van der Waals surface area contributed by atoms with E-state index < -0.39 is 33.1 Å². The van der Waals surface area contributed by atoms with Gasteiger partial charge in [-0.3, -0.25) is 9.59 Å². The Balaban J connectivity index is 1.68. The molecule has 1 unspecified atom stereocenters. The molecule has 0 radical (unpaired) electrons. The summed E-state index contributed by atoms with van der Waals surface area (Å²) in [5, 5.41) is 5.46. The topological polar surface area (TPSA) is 111 Å². The quantitative estimate of drug-likeness (QED) is 0.702. The number of benzene rings is 1. The van der Waals surface area contributed by atoms with Gasteiger partial charge in [-0.25, -0.2) is 8.42 Å². The van der Waals surface area contributed by atoms with Gasteiger partial charge in [0.05, 0.1) is 31.4 Å². The molecule has 1 aliphatic heterocycles. The average molecular weight is 382 g/mol. The summed E-state index contributed by atoms with van der Waals surface area (Å²) in [5.74, 6) is 0.184. The van der Waals surface area contributed by atoms with Crippen LogP contribution in [0.4, 0.5) is 5.69 Å². The molecular weight excluding hydrogens is 360 g/mol. The summed E-state index contributed by atoms with van der Waals surface area (Å²) < 4.78 is 33.4. The number of hydrogen-bond acceptors (Lipinski definition) is 6. The molecular formula is C17H22N2O6S. The van der Waals surface area contributed by atoms with E-state index in [9.17, 15) is 18.0 Å². The van der Waals surface area contributed by atoms with Gasteiger partial charge in [0, 0.05) is 12.1 Å². The zero-order valence-corrected chi connectivity index (χ0v) is 15.5. The van der Waals surface area contributed by atoms with E-state index in [0.29, 0.717) is 36.4 Å². The number of methoxy groups -OCH3 is 2. The van der Waals surface area contributed by atoms with Crippen molar-refractivity contribution in [3.05, 3.63) is 18.2 Å². The van der Waals surface area contributed by atoms with Gasteiger partial charge < -0.3 is 20.1 Å². The Morgan fingerprint density at radius 1 is 1.15 bits per heavy atom. The van der Waals surface area contributed by atoms with Crippen molar-refractivity contribution in [2.75, 3.05) is 31.0 Å². The van der Waals surface area contributed by atoms with Crippen molar-refractivity contribution < 1.29 is 27.5 Å². The lowest BCUT2D eigenvalue weighted by Gasteiger charge is -2.19. The normalized spacial score (nSPS) is 22.3. The van der Waals surface area contributed by atoms with Crippen LogP contribution in [0.5, 0.6) is 11.5 Å². The molecule has 1 aromatic rings. The molecule has 1 atom stereocenters. The molecule has 1 saturated heterocycles. The van der Waals surface area contributed by atoms with Crippen LogP contribution in [-0.4, -0.2) is 52.0 Å². The summed E-state index contributed by atoms with van der Waals surface area (Å²) in [7, 11) is -0.0900. The molecule has 8 nitrogen and oxygen atoms in total. The van der Waals surface area contributed by atoms with Crippen molar-refractivity contribution >= 4 is 27.3 Å². The number of carbonyl (C=O) groups is 2. The summed E-state index contributed by atoms with van der Waals surface area (Å²) in [5.41, 5.74) is -0.696. The Kier molecular flexibility index (Phi) is 4.83. The van der Waals surface area contributed by atoms with Crippen molar-refractivity contribution in [2.24, 2.45) is 5.41 Å². The molecule has 26 heavy (non-hydrogen) atoms. The first-order valence-corrected chi connectivity index (χ1v) is 10.2. The first-order valence-electron chi connectivity index (χ1n) is 8.34. The molecule has 9 heteroatoms. The summed E-state index contributed by atoms with van der Waals surface area (Å²) in [6, 6.07) is 4.54. The van der Waals surface area contributed by atoms with E-state index in [2.05, 4.69) is 10.6 Å². The van der Waals surface area contributed by atoms with Gasteiger partial charge in [0.15, 0.2) is 9.84 Å². The number of rotatable bonds is 6. The molecule has 0 aromatic heterocycles. The van der Waals surface area contributed by atoms with Crippen molar-refractivity contribution in [1.29, 1.82) is 0 Å². The summed E-state index contributed by atoms with van der Waals surface area (Å²) >= 11 is 0. The van der Waals surface area contributed by atoms with Gasteiger partial charge in [0.2, 0.25) is 11.8 Å². The highest BCUT2D eigenvalue weighted by Gasteiger charge is 2.57. The van der Waals surface area contributed by atoms with Gasteiger partial charge in [-0.2, -0.15) is 0 Å². The van der Waals surface area contributed by atoms with Crippen LogP contribution in [0.25, 0.3) is 0 Å². The lowest BCUT2D eigenvalue weighted by Crippen LogP contribution is -2.45. The predicted molar refractivity (Wildman–Crippen MR) is 95.0 cm³/mol. The van der Waals surface area contributed by atoms with E-state index in [0.717, 1.165) is 0 Å². The zero-order valence-electron chi connectivity index (χ0n) is 14.7. The highest BCUT2D eigenvalue weighted by atomic mass is 32.2. The van der Waals surface area contributed by atoms with Gasteiger partial charge in [0.1, 0.15) is 16.9 Å². The van der Waals surface area contributed by atoms with Crippen LogP contribution in [0.1, 0.15) is 19.3 Å². The lowest BCUT2D eigenvalue weighted by molar-refractivity contribution is -0.134. The lowest BCUT2D eigenvalue weighted by atomic mass is 10.0. The van der Waals surface area contributed by atoms with Crippen LogP contribution >= 0.6 is 0 Å². The van der Waals surface area contributed by atoms with Crippen molar-refractivity contribution in [1.82, 2.24) is 5.32 Å². The third-order valence-electron chi connectivity index (χ3n) is 4.84. The third-order valence-corrected chi connectivity index (χ3v) is 6.61. The minimum absolute atomic E-state index is 0.0667. The number of sulfone groups is 1. The summed E-state index contributed by atoms with van der Waals surface area (Å²) in [6.07, 6.45) is 1.25. The largest absolute Gasteiger partial charge is 0.497 e. The Morgan fingerprint density at radius 2 is 1.88 bits per heavy atom. The van der Waals surface area contributed by atoms with Crippen LogP contribution in [0.15, 0.2) is 18.2 Å². The monoisotopic (exact) mass is 382 g/mol. The van der Waals surface area contributed by atoms with E-state index in [-0.39, 0.29) is 11.5 Å². The highest BCUT2D eigenvalue weighted by molar-refractivity contribution is 7.91. The van der Waals surface area contributed by atoms with E-state index in [4.69, 9.17) is 9.47 Å². The molecule has 0 bridgehead atoms. The molecule has 142 valence electrons. The fraction of sp³-hybridized carbons (Fsp3) is 0.529. The molecule has 2 amide bonds. The highest BCUT2D eigenvalue weighted by Crippen LogP contribution is 2.47. The Morgan fingerprint density at radius 3 is 2.42 bits per heavy atom.